The second kappa shape index (κ2) is 7.39. The van der Waals surface area contributed by atoms with Crippen LogP contribution in [0.1, 0.15) is 54.3 Å². The first-order valence-electron chi connectivity index (χ1n) is 9.25. The molecule has 27 heavy (non-hydrogen) atoms. The van der Waals surface area contributed by atoms with Gasteiger partial charge in [-0.2, -0.15) is 0 Å². The van der Waals surface area contributed by atoms with Gasteiger partial charge in [-0.05, 0) is 44.0 Å². The monoisotopic (exact) mass is 362 g/mol. The van der Waals surface area contributed by atoms with E-state index in [4.69, 9.17) is 4.84 Å². The largest absolute Gasteiger partial charge is 0.392 e. The standard InChI is InChI=1S/C21H22N4O2/c1-13-7-15(5-6-22-13)21-20-12-23-17(9-16(20)11-24-21)10-18(26)3-4-19-8-14(2)25-27-19/h5-7,9,12,19H,3-4,8,10-11H2,1-2H3. The van der Waals surface area contributed by atoms with Crippen molar-refractivity contribution in [1.82, 2.24) is 9.97 Å². The van der Waals surface area contributed by atoms with E-state index in [1.165, 1.54) is 0 Å². The van der Waals surface area contributed by atoms with Crippen LogP contribution >= 0.6 is 0 Å². The van der Waals surface area contributed by atoms with E-state index >= 15 is 0 Å². The van der Waals surface area contributed by atoms with Crippen molar-refractivity contribution in [2.45, 2.75) is 52.2 Å². The van der Waals surface area contributed by atoms with Crippen LogP contribution in [-0.4, -0.2) is 33.3 Å². The summed E-state index contributed by atoms with van der Waals surface area (Å²) in [4.78, 5) is 31.0. The third-order valence-corrected chi connectivity index (χ3v) is 4.88. The third kappa shape index (κ3) is 3.94. The number of Topliss-reactive ketones (excluding diaryl/α,β-unsaturated/α-hetero) is 1. The number of aryl methyl sites for hydroxylation is 1. The van der Waals surface area contributed by atoms with Gasteiger partial charge in [0.05, 0.1) is 18.0 Å². The van der Waals surface area contributed by atoms with Crippen molar-refractivity contribution < 1.29 is 9.63 Å². The molecule has 4 heterocycles. The van der Waals surface area contributed by atoms with Crippen molar-refractivity contribution in [1.29, 1.82) is 0 Å². The number of ketones is 1. The van der Waals surface area contributed by atoms with Crippen LogP contribution < -0.4 is 0 Å². The smallest absolute Gasteiger partial charge is 0.138 e. The Labute approximate surface area is 158 Å². The first kappa shape index (κ1) is 17.5. The van der Waals surface area contributed by atoms with Crippen molar-refractivity contribution in [3.8, 4) is 0 Å². The Balaban J connectivity index is 1.39. The molecule has 0 radical (unpaired) electrons. The van der Waals surface area contributed by atoms with Gasteiger partial charge < -0.3 is 4.84 Å². The summed E-state index contributed by atoms with van der Waals surface area (Å²) in [5.74, 6) is 0.180. The third-order valence-electron chi connectivity index (χ3n) is 4.88. The molecule has 0 N–H and O–H groups in total. The van der Waals surface area contributed by atoms with Crippen LogP contribution in [0.5, 0.6) is 0 Å². The molecule has 6 heteroatoms. The number of rotatable bonds is 6. The van der Waals surface area contributed by atoms with Gasteiger partial charge in [-0.3, -0.25) is 19.8 Å². The van der Waals surface area contributed by atoms with Crippen molar-refractivity contribution in [3.05, 3.63) is 58.7 Å². The molecule has 2 aromatic heterocycles. The molecule has 0 saturated carbocycles. The lowest BCUT2D eigenvalue weighted by atomic mass is 10.00. The highest BCUT2D eigenvalue weighted by Crippen LogP contribution is 2.24. The van der Waals surface area contributed by atoms with Gasteiger partial charge >= 0.3 is 0 Å². The molecule has 1 unspecified atom stereocenters. The molecular formula is C21H22N4O2. The number of pyridine rings is 2. The van der Waals surface area contributed by atoms with Crippen LogP contribution in [0.3, 0.4) is 0 Å². The van der Waals surface area contributed by atoms with E-state index in [1.807, 2.05) is 38.2 Å². The molecule has 2 aromatic rings. The Morgan fingerprint density at radius 2 is 2.15 bits per heavy atom. The van der Waals surface area contributed by atoms with E-state index in [-0.39, 0.29) is 11.9 Å². The van der Waals surface area contributed by atoms with Crippen LogP contribution in [0.4, 0.5) is 0 Å². The summed E-state index contributed by atoms with van der Waals surface area (Å²) >= 11 is 0. The Hall–Kier alpha value is -2.89. The van der Waals surface area contributed by atoms with Gasteiger partial charge in [0.1, 0.15) is 11.9 Å². The molecule has 0 bridgehead atoms. The van der Waals surface area contributed by atoms with Crippen molar-refractivity contribution in [2.75, 3.05) is 0 Å². The number of aliphatic imine (C=N–C) groups is 1. The molecule has 0 aliphatic carbocycles. The average molecular weight is 362 g/mol. The highest BCUT2D eigenvalue weighted by atomic mass is 16.6. The number of hydrogen-bond acceptors (Lipinski definition) is 6. The summed E-state index contributed by atoms with van der Waals surface area (Å²) in [7, 11) is 0. The minimum Gasteiger partial charge on any atom is -0.392 e. The Morgan fingerprint density at radius 1 is 1.26 bits per heavy atom. The van der Waals surface area contributed by atoms with Crippen LogP contribution in [0.15, 0.2) is 40.7 Å². The normalized spacial score (nSPS) is 17.9. The van der Waals surface area contributed by atoms with Gasteiger partial charge in [0.15, 0.2) is 0 Å². The van der Waals surface area contributed by atoms with Gasteiger partial charge in [-0.25, -0.2) is 0 Å². The van der Waals surface area contributed by atoms with E-state index in [9.17, 15) is 4.79 Å². The number of oxime groups is 1. The molecule has 4 rings (SSSR count). The molecule has 0 amide bonds. The number of aromatic nitrogens is 2. The number of carbonyl (C=O) groups excluding carboxylic acids is 1. The summed E-state index contributed by atoms with van der Waals surface area (Å²) in [6, 6.07) is 6.01. The SMILES string of the molecule is CC1=NOC(CCC(=O)Cc2cc3c(cn2)C(c2ccnc(C)c2)=NC3)C1. The lowest BCUT2D eigenvalue weighted by molar-refractivity contribution is -0.119. The van der Waals surface area contributed by atoms with Gasteiger partial charge in [-0.1, -0.05) is 5.16 Å². The maximum Gasteiger partial charge on any atom is 0.138 e. The maximum atomic E-state index is 12.3. The zero-order valence-corrected chi connectivity index (χ0v) is 15.6. The second-order valence-corrected chi connectivity index (χ2v) is 7.20. The summed E-state index contributed by atoms with van der Waals surface area (Å²) in [6.45, 7) is 4.54. The molecule has 0 spiro atoms. The van der Waals surface area contributed by atoms with E-state index in [2.05, 4.69) is 20.1 Å². The van der Waals surface area contributed by atoms with Crippen LogP contribution in [0.25, 0.3) is 0 Å². The zero-order valence-electron chi connectivity index (χ0n) is 15.6. The Bertz CT molecular complexity index is 949. The summed E-state index contributed by atoms with van der Waals surface area (Å²) in [6.07, 6.45) is 6.05. The fraction of sp³-hybridized carbons (Fsp3) is 0.381. The van der Waals surface area contributed by atoms with Gasteiger partial charge in [0, 0.05) is 54.2 Å². The number of carbonyl (C=O) groups is 1. The second-order valence-electron chi connectivity index (χ2n) is 7.20. The quantitative estimate of drug-likeness (QED) is 0.791. The molecule has 6 nitrogen and oxygen atoms in total. The van der Waals surface area contributed by atoms with Crippen molar-refractivity contribution >= 4 is 17.2 Å². The van der Waals surface area contributed by atoms with Crippen molar-refractivity contribution in [2.24, 2.45) is 10.1 Å². The predicted octanol–water partition coefficient (Wildman–Crippen LogP) is 3.19. The van der Waals surface area contributed by atoms with Crippen molar-refractivity contribution in [3.63, 3.8) is 0 Å². The summed E-state index contributed by atoms with van der Waals surface area (Å²) in [5, 5.41) is 3.93. The lowest BCUT2D eigenvalue weighted by Gasteiger charge is -2.08. The topological polar surface area (TPSA) is 76.8 Å². The molecule has 2 aliphatic rings. The number of fused-ring (bicyclic) bond motifs is 1. The Kier molecular flexibility index (Phi) is 4.79. The molecule has 0 aromatic carbocycles. The van der Waals surface area contributed by atoms with Gasteiger partial charge in [0.2, 0.25) is 0 Å². The van der Waals surface area contributed by atoms with E-state index in [0.717, 1.165) is 45.9 Å². The van der Waals surface area contributed by atoms with E-state index < -0.39 is 0 Å². The fourth-order valence-electron chi connectivity index (χ4n) is 3.51. The first-order valence-corrected chi connectivity index (χ1v) is 9.25. The molecule has 138 valence electrons. The minimum atomic E-state index is 0.0432. The fourth-order valence-corrected chi connectivity index (χ4v) is 3.51. The lowest BCUT2D eigenvalue weighted by Crippen LogP contribution is -2.12. The van der Waals surface area contributed by atoms with E-state index in [0.29, 0.717) is 25.8 Å². The Morgan fingerprint density at radius 3 is 2.93 bits per heavy atom. The first-order chi connectivity index (χ1) is 13.1. The molecular weight excluding hydrogens is 340 g/mol. The van der Waals surface area contributed by atoms with Crippen LogP contribution in [0, 0.1) is 6.92 Å². The van der Waals surface area contributed by atoms with Crippen LogP contribution in [-0.2, 0) is 22.6 Å². The predicted molar refractivity (Wildman–Crippen MR) is 103 cm³/mol. The number of hydrogen-bond donors (Lipinski definition) is 0. The summed E-state index contributed by atoms with van der Waals surface area (Å²) in [5.41, 5.74) is 6.94. The maximum absolute atomic E-state index is 12.3. The zero-order chi connectivity index (χ0) is 18.8. The summed E-state index contributed by atoms with van der Waals surface area (Å²) < 4.78 is 0. The average Bonchev–Trinajstić information content (AvgIpc) is 3.25. The highest BCUT2D eigenvalue weighted by Gasteiger charge is 2.21. The molecule has 0 fully saturated rings. The highest BCUT2D eigenvalue weighted by molar-refractivity contribution is 6.15. The van der Waals surface area contributed by atoms with Crippen LogP contribution in [0.2, 0.25) is 0 Å². The minimum absolute atomic E-state index is 0.0432. The molecule has 2 aliphatic heterocycles. The number of nitrogens with zero attached hydrogens (tertiary/aromatic N) is 4. The molecule has 1 atom stereocenters. The van der Waals surface area contributed by atoms with Gasteiger partial charge in [0.25, 0.3) is 0 Å². The van der Waals surface area contributed by atoms with E-state index in [1.54, 1.807) is 6.20 Å². The molecule has 0 saturated heterocycles. The van der Waals surface area contributed by atoms with Gasteiger partial charge in [-0.15, -0.1) is 0 Å².